The lowest BCUT2D eigenvalue weighted by Gasteiger charge is -2.43. The molecule has 3 heterocycles. The van der Waals surface area contributed by atoms with E-state index >= 15 is 0 Å². The summed E-state index contributed by atoms with van der Waals surface area (Å²) >= 11 is 0. The third-order valence-electron chi connectivity index (χ3n) is 7.84. The average molecular weight is 444 g/mol. The number of esters is 1. The number of benzene rings is 2. The number of nitrogens with zero attached hydrogens (tertiary/aromatic N) is 3. The zero-order valence-corrected chi connectivity index (χ0v) is 18.9. The van der Waals surface area contributed by atoms with Gasteiger partial charge in [0.25, 0.3) is 5.56 Å². The number of ether oxygens (including phenoxy) is 1. The molecule has 6 nitrogen and oxygen atoms in total. The van der Waals surface area contributed by atoms with Crippen LogP contribution >= 0.6 is 0 Å². The third-order valence-corrected chi connectivity index (χ3v) is 7.84. The Balaban J connectivity index is 1.34. The molecule has 0 unspecified atom stereocenters. The van der Waals surface area contributed by atoms with Crippen LogP contribution in [0.1, 0.15) is 60.3 Å². The molecule has 2 aliphatic heterocycles. The van der Waals surface area contributed by atoms with Gasteiger partial charge < -0.3 is 9.30 Å². The molecule has 2 aromatic carbocycles. The second-order valence-corrected chi connectivity index (χ2v) is 9.63. The fourth-order valence-electron chi connectivity index (χ4n) is 6.59. The van der Waals surface area contributed by atoms with E-state index < -0.39 is 5.97 Å². The molecule has 1 aliphatic carbocycles. The van der Waals surface area contributed by atoms with Gasteiger partial charge in [0.2, 0.25) is 5.69 Å². The minimum absolute atomic E-state index is 0.0658. The van der Waals surface area contributed by atoms with E-state index in [9.17, 15) is 9.59 Å². The number of carbonyl (C=O) groups excluding carboxylic acids is 1. The van der Waals surface area contributed by atoms with Gasteiger partial charge in [0, 0.05) is 24.2 Å². The second kappa shape index (κ2) is 8.10. The summed E-state index contributed by atoms with van der Waals surface area (Å²) in [5, 5.41) is 0. The van der Waals surface area contributed by atoms with Crippen LogP contribution in [-0.2, 0) is 17.6 Å². The van der Waals surface area contributed by atoms with Gasteiger partial charge in [-0.2, -0.15) is 0 Å². The summed E-state index contributed by atoms with van der Waals surface area (Å²) < 4.78 is 6.99. The predicted octanol–water partition coefficient (Wildman–Crippen LogP) is 3.91. The van der Waals surface area contributed by atoms with Crippen LogP contribution in [0.2, 0.25) is 0 Å². The molecule has 3 aromatic rings. The minimum atomic E-state index is -0.633. The van der Waals surface area contributed by atoms with Crippen molar-refractivity contribution in [1.29, 1.82) is 0 Å². The Labute approximate surface area is 193 Å². The fraction of sp³-hybridized carbons (Fsp3) is 0.444. The monoisotopic (exact) mass is 443 g/mol. The Morgan fingerprint density at radius 2 is 1.58 bits per heavy atom. The molecule has 2 bridgehead atoms. The maximum atomic E-state index is 13.5. The molecule has 0 amide bonds. The normalized spacial score (nSPS) is 24.8. The van der Waals surface area contributed by atoms with Crippen molar-refractivity contribution >= 4 is 17.0 Å². The molecule has 3 atom stereocenters. The molecule has 0 saturated carbocycles. The van der Waals surface area contributed by atoms with Gasteiger partial charge in [-0.1, -0.05) is 36.4 Å². The molecule has 3 aliphatic rings. The molecule has 2 fully saturated rings. The second-order valence-electron chi connectivity index (χ2n) is 9.63. The van der Waals surface area contributed by atoms with Crippen molar-refractivity contribution < 1.29 is 9.53 Å². The molecule has 2 saturated heterocycles. The minimum Gasteiger partial charge on any atom is -0.461 e. The Morgan fingerprint density at radius 3 is 2.24 bits per heavy atom. The summed E-state index contributed by atoms with van der Waals surface area (Å²) in [5.41, 5.74) is 4.02. The first-order chi connectivity index (χ1) is 16.1. The maximum absolute atomic E-state index is 13.5. The quantitative estimate of drug-likeness (QED) is 0.572. The molecule has 0 N–H and O–H groups in total. The van der Waals surface area contributed by atoms with Crippen molar-refractivity contribution in [3.05, 3.63) is 75.7 Å². The summed E-state index contributed by atoms with van der Waals surface area (Å²) in [6, 6.07) is 18.0. The molecule has 6 heteroatoms. The highest BCUT2D eigenvalue weighted by molar-refractivity contribution is 5.89. The summed E-state index contributed by atoms with van der Waals surface area (Å²) in [5.74, 6) is -0.633. The number of piperidine rings is 1. The van der Waals surface area contributed by atoms with Gasteiger partial charge in [0.05, 0.1) is 17.6 Å². The van der Waals surface area contributed by atoms with Crippen molar-refractivity contribution in [3.8, 4) is 0 Å². The Morgan fingerprint density at radius 1 is 0.939 bits per heavy atom. The van der Waals surface area contributed by atoms with Crippen LogP contribution in [0.25, 0.3) is 11.0 Å². The van der Waals surface area contributed by atoms with E-state index in [4.69, 9.17) is 4.74 Å². The van der Waals surface area contributed by atoms with Crippen molar-refractivity contribution in [2.75, 3.05) is 6.61 Å². The number of rotatable bonds is 4. The first kappa shape index (κ1) is 20.6. The van der Waals surface area contributed by atoms with E-state index in [2.05, 4.69) is 34.1 Å². The van der Waals surface area contributed by atoms with E-state index in [1.165, 1.54) is 24.0 Å². The lowest BCUT2D eigenvalue weighted by Crippen LogP contribution is -2.50. The number of hydrogen-bond acceptors (Lipinski definition) is 5. The van der Waals surface area contributed by atoms with E-state index in [1.54, 1.807) is 6.92 Å². The van der Waals surface area contributed by atoms with E-state index in [-0.39, 0.29) is 23.9 Å². The first-order valence-corrected chi connectivity index (χ1v) is 12.2. The zero-order valence-electron chi connectivity index (χ0n) is 18.9. The van der Waals surface area contributed by atoms with Crippen molar-refractivity contribution in [2.45, 2.75) is 69.6 Å². The number of aromatic nitrogens is 2. The van der Waals surface area contributed by atoms with Gasteiger partial charge in [-0.25, -0.2) is 9.78 Å². The molecular weight excluding hydrogens is 414 g/mol. The molecule has 1 aromatic heterocycles. The molecular formula is C27H29N3O3. The molecule has 170 valence electrons. The van der Waals surface area contributed by atoms with Crippen LogP contribution in [0.4, 0.5) is 0 Å². The van der Waals surface area contributed by atoms with E-state index in [1.807, 2.05) is 28.8 Å². The Kier molecular flexibility index (Phi) is 5.06. The number of fused-ring (bicyclic) bond motifs is 4. The molecule has 6 rings (SSSR count). The van der Waals surface area contributed by atoms with Gasteiger partial charge in [0.1, 0.15) is 0 Å². The van der Waals surface area contributed by atoms with Gasteiger partial charge >= 0.3 is 5.97 Å². The van der Waals surface area contributed by atoms with Gasteiger partial charge in [0.15, 0.2) is 0 Å². The zero-order chi connectivity index (χ0) is 22.5. The fourth-order valence-corrected chi connectivity index (χ4v) is 6.59. The lowest BCUT2D eigenvalue weighted by atomic mass is 9.94. The van der Waals surface area contributed by atoms with E-state index in [0.717, 1.165) is 31.2 Å². The summed E-state index contributed by atoms with van der Waals surface area (Å²) in [4.78, 5) is 33.2. The maximum Gasteiger partial charge on any atom is 0.362 e. The first-order valence-electron chi connectivity index (χ1n) is 12.2. The highest BCUT2D eigenvalue weighted by Crippen LogP contribution is 2.44. The largest absolute Gasteiger partial charge is 0.461 e. The third kappa shape index (κ3) is 3.39. The predicted molar refractivity (Wildman–Crippen MR) is 127 cm³/mol. The lowest BCUT2D eigenvalue weighted by molar-refractivity contribution is 0.0513. The topological polar surface area (TPSA) is 64.4 Å². The standard InChI is InChI=1S/C27H29N3O3/c1-2-33-27(32)25-26(31)30(24-10-6-5-9-23(24)28-25)22-15-19-11-12-20(16-22)29(19)21-13-17-7-3-4-8-18(17)14-21/h3-10,19-22H,2,11-16H2,1H3/t19-,20+,22+. The van der Waals surface area contributed by atoms with Gasteiger partial charge in [-0.3, -0.25) is 9.69 Å². The highest BCUT2D eigenvalue weighted by Gasteiger charge is 2.46. The van der Waals surface area contributed by atoms with Crippen LogP contribution in [0.5, 0.6) is 0 Å². The van der Waals surface area contributed by atoms with Crippen LogP contribution < -0.4 is 5.56 Å². The van der Waals surface area contributed by atoms with E-state index in [0.29, 0.717) is 23.6 Å². The average Bonchev–Trinajstić information content (AvgIpc) is 3.36. The summed E-state index contributed by atoms with van der Waals surface area (Å²) in [7, 11) is 0. The van der Waals surface area contributed by atoms with Crippen LogP contribution in [0, 0.1) is 0 Å². The van der Waals surface area contributed by atoms with Crippen molar-refractivity contribution in [1.82, 2.24) is 14.5 Å². The number of carbonyl (C=O) groups is 1. The summed E-state index contributed by atoms with van der Waals surface area (Å²) in [6.07, 6.45) is 6.46. The number of para-hydroxylation sites is 2. The molecule has 33 heavy (non-hydrogen) atoms. The SMILES string of the molecule is CCOC(=O)c1nc2ccccc2n([C@H]2C[C@H]3CC[C@@H](C2)N3C2Cc3ccccc3C2)c1=O. The van der Waals surface area contributed by atoms with Crippen molar-refractivity contribution in [2.24, 2.45) is 0 Å². The molecule has 0 radical (unpaired) electrons. The highest BCUT2D eigenvalue weighted by atomic mass is 16.5. The van der Waals surface area contributed by atoms with Crippen LogP contribution in [0.15, 0.2) is 53.3 Å². The molecule has 0 spiro atoms. The van der Waals surface area contributed by atoms with Crippen LogP contribution in [0.3, 0.4) is 0 Å². The van der Waals surface area contributed by atoms with Gasteiger partial charge in [-0.15, -0.1) is 0 Å². The Bertz CT molecular complexity index is 1240. The van der Waals surface area contributed by atoms with Crippen molar-refractivity contribution in [3.63, 3.8) is 0 Å². The van der Waals surface area contributed by atoms with Crippen LogP contribution in [-0.4, -0.2) is 45.2 Å². The Hall–Kier alpha value is -2.99. The smallest absolute Gasteiger partial charge is 0.362 e. The summed E-state index contributed by atoms with van der Waals surface area (Å²) in [6.45, 7) is 1.96. The number of hydrogen-bond donors (Lipinski definition) is 0. The van der Waals surface area contributed by atoms with Gasteiger partial charge in [-0.05, 0) is 68.7 Å².